The molecule has 31 heavy (non-hydrogen) atoms. The van der Waals surface area contributed by atoms with Gasteiger partial charge in [-0.05, 0) is 110 Å². The van der Waals surface area contributed by atoms with Crippen molar-refractivity contribution in [1.29, 1.82) is 0 Å². The van der Waals surface area contributed by atoms with Crippen LogP contribution in [0.3, 0.4) is 0 Å². The van der Waals surface area contributed by atoms with Gasteiger partial charge in [-0.3, -0.25) is 0 Å². The minimum Gasteiger partial charge on any atom is -0.395 e. The van der Waals surface area contributed by atoms with Gasteiger partial charge in [-0.15, -0.1) is 0 Å². The highest BCUT2D eigenvalue weighted by atomic mass is 16.3. The van der Waals surface area contributed by atoms with Gasteiger partial charge in [-0.2, -0.15) is 0 Å². The summed E-state index contributed by atoms with van der Waals surface area (Å²) in [5, 5.41) is 12.8. The summed E-state index contributed by atoms with van der Waals surface area (Å²) in [6, 6.07) is 0.651. The zero-order chi connectivity index (χ0) is 22.2. The van der Waals surface area contributed by atoms with Crippen LogP contribution in [-0.2, 0) is 0 Å². The van der Waals surface area contributed by atoms with Crippen molar-refractivity contribution in [3.05, 3.63) is 0 Å². The molecular formula is C29H53NO. The SMILES string of the molecule is CC(C)CCCC(C)[C@H]1CCC2C3CCC4C[C@@H](NCCO)CC[C@]4(C)C3CC[C@@]21C. The van der Waals surface area contributed by atoms with Gasteiger partial charge in [0, 0.05) is 12.6 Å². The van der Waals surface area contributed by atoms with E-state index in [1.165, 1.54) is 77.0 Å². The van der Waals surface area contributed by atoms with Crippen molar-refractivity contribution >= 4 is 0 Å². The molecule has 4 rings (SSSR count). The molecule has 4 aliphatic carbocycles. The monoisotopic (exact) mass is 431 g/mol. The summed E-state index contributed by atoms with van der Waals surface area (Å²) in [6.07, 6.45) is 17.4. The van der Waals surface area contributed by atoms with E-state index in [1.54, 1.807) is 0 Å². The topological polar surface area (TPSA) is 32.3 Å². The molecule has 0 spiro atoms. The molecule has 0 aromatic carbocycles. The van der Waals surface area contributed by atoms with Crippen molar-refractivity contribution in [2.45, 2.75) is 118 Å². The Labute approximate surface area is 193 Å². The fraction of sp³-hybridized carbons (Fsp3) is 1.00. The maximum Gasteiger partial charge on any atom is 0.0556 e. The van der Waals surface area contributed by atoms with Gasteiger partial charge < -0.3 is 10.4 Å². The Hall–Kier alpha value is -0.0800. The number of rotatable bonds is 8. The molecule has 0 bridgehead atoms. The first-order valence-corrected chi connectivity index (χ1v) is 14.1. The molecule has 0 radical (unpaired) electrons. The number of nitrogens with one attached hydrogen (secondary N) is 1. The summed E-state index contributed by atoms with van der Waals surface area (Å²) in [7, 11) is 0. The van der Waals surface area contributed by atoms with Crippen molar-refractivity contribution < 1.29 is 5.11 Å². The van der Waals surface area contributed by atoms with Crippen molar-refractivity contribution in [2.24, 2.45) is 52.3 Å². The van der Waals surface area contributed by atoms with Gasteiger partial charge in [-0.25, -0.2) is 0 Å². The van der Waals surface area contributed by atoms with E-state index in [1.807, 2.05) is 0 Å². The fourth-order valence-corrected chi connectivity index (χ4v) is 9.74. The first-order chi connectivity index (χ1) is 14.8. The van der Waals surface area contributed by atoms with Gasteiger partial charge in [-0.1, -0.05) is 53.9 Å². The third-order valence-corrected chi connectivity index (χ3v) is 11.4. The normalized spacial score (nSPS) is 45.8. The lowest BCUT2D eigenvalue weighted by atomic mass is 9.44. The molecule has 4 fully saturated rings. The molecule has 2 nitrogen and oxygen atoms in total. The molecule has 2 N–H and O–H groups in total. The molecule has 4 aliphatic rings. The van der Waals surface area contributed by atoms with Gasteiger partial charge in [0.1, 0.15) is 0 Å². The van der Waals surface area contributed by atoms with Crippen LogP contribution < -0.4 is 5.32 Å². The van der Waals surface area contributed by atoms with Crippen molar-refractivity contribution in [1.82, 2.24) is 5.32 Å². The summed E-state index contributed by atoms with van der Waals surface area (Å²) < 4.78 is 0. The average Bonchev–Trinajstić information content (AvgIpc) is 3.09. The van der Waals surface area contributed by atoms with E-state index in [0.29, 0.717) is 16.9 Å². The minimum atomic E-state index is 0.278. The Balaban J connectivity index is 1.41. The van der Waals surface area contributed by atoms with E-state index >= 15 is 0 Å². The molecule has 5 unspecified atom stereocenters. The van der Waals surface area contributed by atoms with Crippen LogP contribution in [0, 0.1) is 52.3 Å². The van der Waals surface area contributed by atoms with E-state index in [-0.39, 0.29) is 6.61 Å². The van der Waals surface area contributed by atoms with Crippen LogP contribution in [0.1, 0.15) is 112 Å². The Morgan fingerprint density at radius 2 is 1.61 bits per heavy atom. The zero-order valence-corrected chi connectivity index (χ0v) is 21.5. The molecule has 4 saturated carbocycles. The molecule has 0 heterocycles. The molecule has 0 aromatic heterocycles. The van der Waals surface area contributed by atoms with Crippen molar-refractivity contribution in [3.8, 4) is 0 Å². The maximum absolute atomic E-state index is 9.22. The Kier molecular flexibility index (Phi) is 7.49. The Morgan fingerprint density at radius 3 is 2.35 bits per heavy atom. The van der Waals surface area contributed by atoms with Crippen LogP contribution in [-0.4, -0.2) is 24.3 Å². The predicted molar refractivity (Wildman–Crippen MR) is 132 cm³/mol. The summed E-state index contributed by atoms with van der Waals surface area (Å²) in [5.41, 5.74) is 1.21. The van der Waals surface area contributed by atoms with Gasteiger partial charge >= 0.3 is 0 Å². The zero-order valence-electron chi connectivity index (χ0n) is 21.5. The van der Waals surface area contributed by atoms with Crippen molar-refractivity contribution in [2.75, 3.05) is 13.2 Å². The average molecular weight is 432 g/mol. The first kappa shape index (κ1) is 24.1. The largest absolute Gasteiger partial charge is 0.395 e. The van der Waals surface area contributed by atoms with Crippen LogP contribution >= 0.6 is 0 Å². The van der Waals surface area contributed by atoms with Crippen LogP contribution in [0.15, 0.2) is 0 Å². The van der Waals surface area contributed by atoms with Crippen LogP contribution in [0.25, 0.3) is 0 Å². The van der Waals surface area contributed by atoms with Gasteiger partial charge in [0.15, 0.2) is 0 Å². The third-order valence-electron chi connectivity index (χ3n) is 11.4. The van der Waals surface area contributed by atoms with Crippen LogP contribution in [0.4, 0.5) is 0 Å². The first-order valence-electron chi connectivity index (χ1n) is 14.1. The van der Waals surface area contributed by atoms with E-state index in [0.717, 1.165) is 48.0 Å². The molecule has 0 amide bonds. The fourth-order valence-electron chi connectivity index (χ4n) is 9.74. The molecule has 2 heteroatoms. The van der Waals surface area contributed by atoms with Gasteiger partial charge in [0.25, 0.3) is 0 Å². The van der Waals surface area contributed by atoms with Crippen LogP contribution in [0.2, 0.25) is 0 Å². The van der Waals surface area contributed by atoms with E-state index in [2.05, 4.69) is 39.9 Å². The minimum absolute atomic E-state index is 0.278. The highest BCUT2D eigenvalue weighted by Gasteiger charge is 2.60. The highest BCUT2D eigenvalue weighted by Crippen LogP contribution is 2.68. The predicted octanol–water partition coefficient (Wildman–Crippen LogP) is 7.06. The van der Waals surface area contributed by atoms with E-state index < -0.39 is 0 Å². The van der Waals surface area contributed by atoms with Crippen LogP contribution in [0.5, 0.6) is 0 Å². The lowest BCUT2D eigenvalue weighted by Gasteiger charge is -2.61. The third kappa shape index (κ3) is 4.51. The van der Waals surface area contributed by atoms with Crippen molar-refractivity contribution in [3.63, 3.8) is 0 Å². The second kappa shape index (κ2) is 9.65. The Bertz CT molecular complexity index is 589. The number of aliphatic hydroxyl groups excluding tert-OH is 1. The Morgan fingerprint density at radius 1 is 0.871 bits per heavy atom. The smallest absolute Gasteiger partial charge is 0.0556 e. The number of hydrogen-bond acceptors (Lipinski definition) is 2. The quantitative estimate of drug-likeness (QED) is 0.431. The van der Waals surface area contributed by atoms with E-state index in [9.17, 15) is 5.11 Å². The molecule has 0 aromatic rings. The lowest BCUT2D eigenvalue weighted by Crippen LogP contribution is -2.55. The molecular weight excluding hydrogens is 378 g/mol. The summed E-state index contributed by atoms with van der Waals surface area (Å²) in [4.78, 5) is 0. The number of fused-ring (bicyclic) bond motifs is 5. The molecule has 0 saturated heterocycles. The second-order valence-electron chi connectivity index (χ2n) is 13.3. The maximum atomic E-state index is 9.22. The number of hydrogen-bond donors (Lipinski definition) is 2. The molecule has 0 aliphatic heterocycles. The molecule has 180 valence electrons. The van der Waals surface area contributed by atoms with E-state index in [4.69, 9.17) is 0 Å². The second-order valence-corrected chi connectivity index (χ2v) is 13.3. The summed E-state index contributed by atoms with van der Waals surface area (Å²) in [6.45, 7) is 13.8. The lowest BCUT2D eigenvalue weighted by molar-refractivity contribution is -0.118. The summed E-state index contributed by atoms with van der Waals surface area (Å²) in [5.74, 6) is 6.68. The highest BCUT2D eigenvalue weighted by molar-refractivity contribution is 5.10. The number of aliphatic hydroxyl groups is 1. The molecule has 9 atom stereocenters. The standard InChI is InChI=1S/C29H53NO/c1-20(2)7-6-8-21(3)25-11-12-26-24-10-9-22-19-23(30-17-18-31)13-15-28(22,4)27(24)14-16-29(25,26)5/h20-27,30-31H,6-19H2,1-5H3/t21?,22?,23-,24?,25+,26?,27?,28-,29+/m0/s1. The van der Waals surface area contributed by atoms with Gasteiger partial charge in [0.05, 0.1) is 6.61 Å². The van der Waals surface area contributed by atoms with Gasteiger partial charge in [0.2, 0.25) is 0 Å². The summed E-state index contributed by atoms with van der Waals surface area (Å²) >= 11 is 0.